The average Bonchev–Trinajstić information content (AvgIpc) is 3.38. The molecule has 214 valence electrons. The minimum Gasteiger partial charge on any atom is -0.455 e. The lowest BCUT2D eigenvalue weighted by Gasteiger charge is -2.22. The molecule has 6 aromatic rings. The highest BCUT2D eigenvalue weighted by Crippen LogP contribution is 2.35. The Morgan fingerprint density at radius 1 is 0.860 bits per heavy atom. The Balaban J connectivity index is 1.33. The van der Waals surface area contributed by atoms with Gasteiger partial charge in [-0.25, -0.2) is 14.8 Å². The van der Waals surface area contributed by atoms with Gasteiger partial charge in [-0.05, 0) is 48.5 Å². The van der Waals surface area contributed by atoms with E-state index in [0.717, 1.165) is 21.9 Å². The van der Waals surface area contributed by atoms with Crippen LogP contribution >= 0.6 is 0 Å². The molecule has 9 nitrogen and oxygen atoms in total. The number of furan rings is 1. The summed E-state index contributed by atoms with van der Waals surface area (Å²) in [5.41, 5.74) is 8.68. The number of amides is 1. The Labute approximate surface area is 241 Å². The maximum Gasteiger partial charge on any atom is 0.493 e. The third kappa shape index (κ3) is 5.53. The summed E-state index contributed by atoms with van der Waals surface area (Å²) < 4.78 is 45.4. The highest BCUT2D eigenvalue weighted by Gasteiger charge is 2.44. The number of rotatable bonds is 5. The number of hydrogen-bond acceptors (Lipinski definition) is 8. The van der Waals surface area contributed by atoms with Crippen molar-refractivity contribution in [2.24, 2.45) is 0 Å². The molecule has 0 bridgehead atoms. The lowest BCUT2D eigenvalue weighted by molar-refractivity contribution is -0.199. The summed E-state index contributed by atoms with van der Waals surface area (Å²) in [6.45, 7) is 0. The van der Waals surface area contributed by atoms with Gasteiger partial charge in [0, 0.05) is 39.3 Å². The van der Waals surface area contributed by atoms with E-state index in [2.05, 4.69) is 20.1 Å². The van der Waals surface area contributed by atoms with Crippen molar-refractivity contribution < 1.29 is 32.0 Å². The van der Waals surface area contributed by atoms with Crippen LogP contribution in [0.25, 0.3) is 33.2 Å². The van der Waals surface area contributed by atoms with Crippen LogP contribution in [0, 0.1) is 0 Å². The molecule has 0 aliphatic rings. The molecule has 6 rings (SSSR count). The first-order valence-electron chi connectivity index (χ1n) is 12.8. The minimum absolute atomic E-state index is 0.0893. The molecule has 0 fully saturated rings. The summed E-state index contributed by atoms with van der Waals surface area (Å²) in [5, 5.41) is 5.21. The first-order valence-corrected chi connectivity index (χ1v) is 12.8. The molecular formula is C31H20F3N5O4. The summed E-state index contributed by atoms with van der Waals surface area (Å²) in [5.74, 6) is -3.26. The molecule has 0 spiro atoms. The predicted molar refractivity (Wildman–Crippen MR) is 154 cm³/mol. The molecule has 0 atom stereocenters. The largest absolute Gasteiger partial charge is 0.493 e. The quantitative estimate of drug-likeness (QED) is 0.164. The van der Waals surface area contributed by atoms with Crippen LogP contribution in [-0.4, -0.2) is 28.0 Å². The van der Waals surface area contributed by atoms with Crippen molar-refractivity contribution in [3.8, 4) is 11.3 Å². The molecule has 2 aromatic heterocycles. The fraction of sp³-hybridized carbons (Fsp3) is 0.0323. The van der Waals surface area contributed by atoms with Crippen molar-refractivity contribution in [1.29, 1.82) is 0 Å². The molecule has 0 radical (unpaired) electrons. The second-order valence-electron chi connectivity index (χ2n) is 9.35. The van der Waals surface area contributed by atoms with Gasteiger partial charge in [0.05, 0.1) is 11.4 Å². The van der Waals surface area contributed by atoms with Crippen LogP contribution in [0.4, 0.5) is 36.1 Å². The third-order valence-corrected chi connectivity index (χ3v) is 6.42. The maximum absolute atomic E-state index is 13.2. The number of nitrogens with zero attached hydrogens (tertiary/aromatic N) is 3. The second kappa shape index (κ2) is 10.8. The molecule has 43 heavy (non-hydrogen) atoms. The van der Waals surface area contributed by atoms with Crippen molar-refractivity contribution >= 4 is 56.7 Å². The number of halogens is 3. The van der Waals surface area contributed by atoms with Crippen LogP contribution in [-0.2, 0) is 9.63 Å². The highest BCUT2D eigenvalue weighted by molar-refractivity contribution is 6.09. The number of hydrogen-bond donors (Lipinski definition) is 2. The molecule has 0 aliphatic heterocycles. The Morgan fingerprint density at radius 2 is 1.63 bits per heavy atom. The number of carbonyl (C=O) groups is 2. The number of nitrogens with one attached hydrogen (secondary N) is 1. The van der Waals surface area contributed by atoms with Gasteiger partial charge in [0.1, 0.15) is 23.3 Å². The van der Waals surface area contributed by atoms with Crippen LogP contribution < -0.4 is 16.1 Å². The van der Waals surface area contributed by atoms with E-state index >= 15 is 0 Å². The molecule has 2 heterocycles. The summed E-state index contributed by atoms with van der Waals surface area (Å²) in [6, 6.07) is 26.3. The molecule has 0 saturated heterocycles. The topological polar surface area (TPSA) is 124 Å². The Kier molecular flexibility index (Phi) is 6.86. The highest BCUT2D eigenvalue weighted by atomic mass is 19.4. The number of benzene rings is 4. The van der Waals surface area contributed by atoms with Gasteiger partial charge in [0.15, 0.2) is 0 Å². The van der Waals surface area contributed by atoms with Gasteiger partial charge < -0.3 is 20.3 Å². The molecule has 12 heteroatoms. The van der Waals surface area contributed by atoms with Crippen molar-refractivity contribution in [3.63, 3.8) is 0 Å². The normalized spacial score (nSPS) is 11.4. The number of hydroxylamine groups is 1. The van der Waals surface area contributed by atoms with Crippen LogP contribution in [0.1, 0.15) is 10.4 Å². The summed E-state index contributed by atoms with van der Waals surface area (Å²) in [7, 11) is 0. The molecule has 3 N–H and O–H groups in total. The number of alkyl halides is 3. The van der Waals surface area contributed by atoms with Gasteiger partial charge in [0.2, 0.25) is 0 Å². The number of aromatic nitrogens is 2. The standard InChI is InChI=1S/C31H20F3N5O4/c32-31(33,34)30(41)43-39(29(40)18-6-3-7-19(35)14-18)21-9-4-8-20(15-21)38-27-16-25(36-17-37-27)24-12-5-11-23-22-10-1-2-13-26(22)42-28(23)24/h1-17H,35H2,(H,36,37,38). The fourth-order valence-corrected chi connectivity index (χ4v) is 4.51. The molecule has 1 amide bonds. The van der Waals surface area contributed by atoms with E-state index in [4.69, 9.17) is 10.2 Å². The van der Waals surface area contributed by atoms with Crippen molar-refractivity contribution in [3.05, 3.63) is 109 Å². The Hall–Kier alpha value is -5.91. The SMILES string of the molecule is Nc1cccc(C(=O)N(OC(=O)C(F)(F)F)c2cccc(Nc3cc(-c4cccc5c4oc4ccccc45)ncn3)c2)c1. The van der Waals surface area contributed by atoms with Gasteiger partial charge in [0.25, 0.3) is 5.91 Å². The second-order valence-corrected chi connectivity index (χ2v) is 9.35. The first kappa shape index (κ1) is 27.3. The number of carbonyl (C=O) groups excluding carboxylic acids is 2. The minimum atomic E-state index is -5.34. The zero-order valence-corrected chi connectivity index (χ0v) is 22.0. The number of fused-ring (bicyclic) bond motifs is 3. The van der Waals surface area contributed by atoms with E-state index in [9.17, 15) is 22.8 Å². The van der Waals surface area contributed by atoms with Gasteiger partial charge in [-0.3, -0.25) is 4.79 Å². The monoisotopic (exact) mass is 583 g/mol. The van der Waals surface area contributed by atoms with Crippen LogP contribution in [0.15, 0.2) is 108 Å². The number of nitrogen functional groups attached to an aromatic ring is 1. The van der Waals surface area contributed by atoms with Gasteiger partial charge in [-0.1, -0.05) is 42.5 Å². The van der Waals surface area contributed by atoms with Crippen LogP contribution in [0.2, 0.25) is 0 Å². The smallest absolute Gasteiger partial charge is 0.455 e. The zero-order chi connectivity index (χ0) is 30.1. The van der Waals surface area contributed by atoms with Gasteiger partial charge in [-0.15, -0.1) is 5.06 Å². The van der Waals surface area contributed by atoms with Crippen molar-refractivity contribution in [1.82, 2.24) is 9.97 Å². The predicted octanol–water partition coefficient (Wildman–Crippen LogP) is 7.04. The van der Waals surface area contributed by atoms with Gasteiger partial charge >= 0.3 is 12.1 Å². The zero-order valence-electron chi connectivity index (χ0n) is 22.0. The Bertz CT molecular complexity index is 2010. The molecule has 4 aromatic carbocycles. The van der Waals surface area contributed by atoms with E-state index in [0.29, 0.717) is 22.8 Å². The van der Waals surface area contributed by atoms with E-state index in [1.54, 1.807) is 12.1 Å². The molecular weight excluding hydrogens is 563 g/mol. The number of para-hydroxylation sites is 2. The Morgan fingerprint density at radius 3 is 2.44 bits per heavy atom. The van der Waals surface area contributed by atoms with Crippen molar-refractivity contribution in [2.75, 3.05) is 16.1 Å². The van der Waals surface area contributed by atoms with Gasteiger partial charge in [-0.2, -0.15) is 13.2 Å². The summed E-state index contributed by atoms with van der Waals surface area (Å²) in [6.07, 6.45) is -3.99. The number of nitrogens with two attached hydrogens (primary N) is 1. The summed E-state index contributed by atoms with van der Waals surface area (Å²) >= 11 is 0. The molecule has 0 saturated carbocycles. The molecule has 0 aliphatic carbocycles. The maximum atomic E-state index is 13.2. The molecule has 0 unspecified atom stereocenters. The lowest BCUT2D eigenvalue weighted by Crippen LogP contribution is -2.38. The summed E-state index contributed by atoms with van der Waals surface area (Å²) in [4.78, 5) is 38.1. The lowest BCUT2D eigenvalue weighted by atomic mass is 10.1. The van der Waals surface area contributed by atoms with E-state index in [1.807, 2.05) is 42.5 Å². The average molecular weight is 584 g/mol. The van der Waals surface area contributed by atoms with Crippen LogP contribution in [0.5, 0.6) is 0 Å². The third-order valence-electron chi connectivity index (χ3n) is 6.42. The van der Waals surface area contributed by atoms with E-state index < -0.39 is 18.1 Å². The van der Waals surface area contributed by atoms with E-state index in [-0.39, 0.29) is 22.0 Å². The van der Waals surface area contributed by atoms with E-state index in [1.165, 1.54) is 48.8 Å². The van der Waals surface area contributed by atoms with Crippen LogP contribution in [0.3, 0.4) is 0 Å². The fourth-order valence-electron chi connectivity index (χ4n) is 4.51. The number of anilines is 4. The first-order chi connectivity index (χ1) is 20.7. The van der Waals surface area contributed by atoms with Crippen molar-refractivity contribution in [2.45, 2.75) is 6.18 Å².